The predicted octanol–water partition coefficient (Wildman–Crippen LogP) is 2.23. The number of carbonyl (C=O) groups excluding carboxylic acids is 1. The molecule has 0 saturated carbocycles. The molecule has 0 fully saturated rings. The Morgan fingerprint density at radius 1 is 1.43 bits per heavy atom. The van der Waals surface area contributed by atoms with E-state index in [2.05, 4.69) is 6.58 Å². The van der Waals surface area contributed by atoms with Crippen LogP contribution in [0, 0.1) is 5.92 Å². The summed E-state index contributed by atoms with van der Waals surface area (Å²) in [7, 11) is 0. The molecule has 2 N–H and O–H groups in total. The molecule has 0 amide bonds. The number of nitrogens with two attached hydrogens (primary N) is 1. The molecule has 0 rings (SSSR count). The Kier molecular flexibility index (Phi) is 5.81. The highest BCUT2D eigenvalue weighted by atomic mass is 16.1. The smallest absolute Gasteiger partial charge is 0.121 e. The molecule has 0 radical (unpaired) electrons. The lowest BCUT2D eigenvalue weighted by atomic mass is 9.85. The minimum absolute atomic E-state index is 0.169. The fourth-order valence-corrected chi connectivity index (χ4v) is 0.959. The molecule has 0 bridgehead atoms. The zero-order chi connectivity index (χ0) is 11.0. The Morgan fingerprint density at radius 2 is 2.07 bits per heavy atom. The Morgan fingerprint density at radius 3 is 2.57 bits per heavy atom. The molecule has 0 aromatic heterocycles. The number of aldehydes is 1. The molecule has 14 heavy (non-hydrogen) atoms. The van der Waals surface area contributed by atoms with Gasteiger partial charge in [-0.05, 0) is 12.8 Å². The van der Waals surface area contributed by atoms with Gasteiger partial charge in [-0.1, -0.05) is 43.9 Å². The average Bonchev–Trinajstić information content (AvgIpc) is 2.12. The normalized spacial score (nSPS) is 18.2. The maximum absolute atomic E-state index is 10.4. The summed E-state index contributed by atoms with van der Waals surface area (Å²) in [6.45, 7) is 7.45. The molecule has 0 heterocycles. The summed E-state index contributed by atoms with van der Waals surface area (Å²) in [6.07, 6.45) is 10.6. The summed E-state index contributed by atoms with van der Waals surface area (Å²) in [6, 6.07) is 0. The van der Waals surface area contributed by atoms with Gasteiger partial charge in [0.25, 0.3) is 0 Å². The third-order valence-electron chi connectivity index (χ3n) is 2.32. The number of hydrogen-bond acceptors (Lipinski definition) is 2. The fraction of sp³-hybridized carbons (Fsp3) is 0.417. The van der Waals surface area contributed by atoms with Crippen molar-refractivity contribution in [2.45, 2.75) is 25.8 Å². The molecule has 0 saturated heterocycles. The topological polar surface area (TPSA) is 43.1 Å². The summed E-state index contributed by atoms with van der Waals surface area (Å²) in [5.74, 6) is 0.169. The van der Waals surface area contributed by atoms with Crippen LogP contribution in [0.1, 0.15) is 20.3 Å². The average molecular weight is 193 g/mol. The van der Waals surface area contributed by atoms with Crippen LogP contribution in [0.5, 0.6) is 0 Å². The first kappa shape index (κ1) is 12.8. The van der Waals surface area contributed by atoms with Crippen LogP contribution < -0.4 is 5.73 Å². The van der Waals surface area contributed by atoms with Crippen LogP contribution in [0.4, 0.5) is 0 Å². The molecular formula is C12H19NO. The first-order valence-electron chi connectivity index (χ1n) is 4.73. The van der Waals surface area contributed by atoms with Crippen molar-refractivity contribution in [1.29, 1.82) is 0 Å². The summed E-state index contributed by atoms with van der Waals surface area (Å²) in [5.41, 5.74) is 5.50. The SMILES string of the molecule is C=CC=CC=CC(C)C(C)(N)CC=O. The maximum Gasteiger partial charge on any atom is 0.121 e. The van der Waals surface area contributed by atoms with Gasteiger partial charge in [0.15, 0.2) is 0 Å². The number of rotatable bonds is 6. The quantitative estimate of drug-likeness (QED) is 0.519. The predicted molar refractivity (Wildman–Crippen MR) is 60.9 cm³/mol. The molecule has 2 unspecified atom stereocenters. The first-order chi connectivity index (χ1) is 6.54. The van der Waals surface area contributed by atoms with Crippen LogP contribution in [-0.4, -0.2) is 11.8 Å². The van der Waals surface area contributed by atoms with Gasteiger partial charge in [0, 0.05) is 12.0 Å². The second-order valence-electron chi connectivity index (χ2n) is 3.67. The van der Waals surface area contributed by atoms with Crippen molar-refractivity contribution in [3.05, 3.63) is 37.0 Å². The number of hydrogen-bond donors (Lipinski definition) is 1. The monoisotopic (exact) mass is 193 g/mol. The first-order valence-corrected chi connectivity index (χ1v) is 4.73. The van der Waals surface area contributed by atoms with Gasteiger partial charge >= 0.3 is 0 Å². The Hall–Kier alpha value is -1.15. The highest BCUT2D eigenvalue weighted by Crippen LogP contribution is 2.17. The van der Waals surface area contributed by atoms with Crippen molar-refractivity contribution in [2.75, 3.05) is 0 Å². The van der Waals surface area contributed by atoms with E-state index in [1.165, 1.54) is 0 Å². The molecule has 0 aliphatic heterocycles. The van der Waals surface area contributed by atoms with Gasteiger partial charge in [-0.15, -0.1) is 0 Å². The Labute approximate surface area is 86.2 Å². The number of carbonyl (C=O) groups is 1. The molecule has 0 aromatic rings. The minimum atomic E-state index is -0.458. The van der Waals surface area contributed by atoms with Gasteiger partial charge in [-0.2, -0.15) is 0 Å². The van der Waals surface area contributed by atoms with Crippen molar-refractivity contribution < 1.29 is 4.79 Å². The van der Waals surface area contributed by atoms with Crippen LogP contribution in [-0.2, 0) is 4.79 Å². The van der Waals surface area contributed by atoms with Crippen LogP contribution in [0.2, 0.25) is 0 Å². The fourth-order valence-electron chi connectivity index (χ4n) is 0.959. The third-order valence-corrected chi connectivity index (χ3v) is 2.32. The summed E-state index contributed by atoms with van der Waals surface area (Å²) in [4.78, 5) is 10.4. The maximum atomic E-state index is 10.4. The molecule has 0 aliphatic carbocycles. The van der Waals surface area contributed by atoms with Gasteiger partial charge < -0.3 is 10.5 Å². The molecule has 0 aliphatic rings. The van der Waals surface area contributed by atoms with E-state index in [-0.39, 0.29) is 5.92 Å². The van der Waals surface area contributed by atoms with Gasteiger partial charge in [-0.3, -0.25) is 0 Å². The highest BCUT2D eigenvalue weighted by Gasteiger charge is 2.23. The van der Waals surface area contributed by atoms with E-state index in [1.807, 2.05) is 38.2 Å². The zero-order valence-corrected chi connectivity index (χ0v) is 8.94. The second kappa shape index (κ2) is 6.33. The Balaban J connectivity index is 4.24. The van der Waals surface area contributed by atoms with Gasteiger partial charge in [-0.25, -0.2) is 0 Å². The van der Waals surface area contributed by atoms with E-state index in [0.29, 0.717) is 6.42 Å². The van der Waals surface area contributed by atoms with E-state index in [0.717, 1.165) is 6.29 Å². The summed E-state index contributed by atoms with van der Waals surface area (Å²) < 4.78 is 0. The molecular weight excluding hydrogens is 174 g/mol. The molecule has 78 valence electrons. The van der Waals surface area contributed by atoms with Gasteiger partial charge in [0.1, 0.15) is 6.29 Å². The third kappa shape index (κ3) is 4.77. The van der Waals surface area contributed by atoms with Crippen molar-refractivity contribution in [2.24, 2.45) is 11.7 Å². The summed E-state index contributed by atoms with van der Waals surface area (Å²) in [5, 5.41) is 0. The largest absolute Gasteiger partial charge is 0.324 e. The van der Waals surface area contributed by atoms with Crippen LogP contribution in [0.3, 0.4) is 0 Å². The van der Waals surface area contributed by atoms with Crippen LogP contribution in [0.15, 0.2) is 37.0 Å². The van der Waals surface area contributed by atoms with E-state index in [4.69, 9.17) is 5.73 Å². The van der Waals surface area contributed by atoms with E-state index in [9.17, 15) is 4.79 Å². The lowest BCUT2D eigenvalue weighted by Gasteiger charge is -2.27. The lowest BCUT2D eigenvalue weighted by molar-refractivity contribution is -0.108. The van der Waals surface area contributed by atoms with Crippen LogP contribution in [0.25, 0.3) is 0 Å². The molecule has 2 atom stereocenters. The zero-order valence-electron chi connectivity index (χ0n) is 8.94. The highest BCUT2D eigenvalue weighted by molar-refractivity contribution is 5.51. The van der Waals surface area contributed by atoms with Crippen LogP contribution >= 0.6 is 0 Å². The molecule has 2 nitrogen and oxygen atoms in total. The standard InChI is InChI=1S/C12H19NO/c1-4-5-6-7-8-11(2)12(3,13)9-10-14/h4-8,10-11H,1,9,13H2,2-3H3. The van der Waals surface area contributed by atoms with Crippen molar-refractivity contribution in [3.63, 3.8) is 0 Å². The minimum Gasteiger partial charge on any atom is -0.324 e. The van der Waals surface area contributed by atoms with Gasteiger partial charge in [0.2, 0.25) is 0 Å². The van der Waals surface area contributed by atoms with Gasteiger partial charge in [0.05, 0.1) is 0 Å². The molecule has 2 heteroatoms. The van der Waals surface area contributed by atoms with Crippen molar-refractivity contribution in [1.82, 2.24) is 0 Å². The van der Waals surface area contributed by atoms with E-state index >= 15 is 0 Å². The van der Waals surface area contributed by atoms with E-state index < -0.39 is 5.54 Å². The Bertz CT molecular complexity index is 239. The second-order valence-corrected chi connectivity index (χ2v) is 3.67. The number of allylic oxidation sites excluding steroid dienone is 4. The molecule has 0 spiro atoms. The summed E-state index contributed by atoms with van der Waals surface area (Å²) >= 11 is 0. The van der Waals surface area contributed by atoms with E-state index in [1.54, 1.807) is 6.08 Å². The molecule has 0 aromatic carbocycles. The van der Waals surface area contributed by atoms with Crippen molar-refractivity contribution in [3.8, 4) is 0 Å². The van der Waals surface area contributed by atoms with Crippen molar-refractivity contribution >= 4 is 6.29 Å². The lowest BCUT2D eigenvalue weighted by Crippen LogP contribution is -2.42.